The van der Waals surface area contributed by atoms with Gasteiger partial charge in [0.2, 0.25) is 0 Å². The predicted molar refractivity (Wildman–Crippen MR) is 90.3 cm³/mol. The van der Waals surface area contributed by atoms with Gasteiger partial charge in [-0.2, -0.15) is 13.2 Å². The van der Waals surface area contributed by atoms with E-state index in [-0.39, 0.29) is 12.4 Å². The van der Waals surface area contributed by atoms with Gasteiger partial charge in [0.05, 0.1) is 18.5 Å². The highest BCUT2D eigenvalue weighted by Crippen LogP contribution is 2.30. The molecule has 1 heterocycles. The van der Waals surface area contributed by atoms with Crippen molar-refractivity contribution in [3.8, 4) is 11.3 Å². The Labute approximate surface area is 148 Å². The molecule has 0 saturated carbocycles. The van der Waals surface area contributed by atoms with Crippen LogP contribution in [0.1, 0.15) is 19.8 Å². The Morgan fingerprint density at radius 3 is 2.64 bits per heavy atom. The summed E-state index contributed by atoms with van der Waals surface area (Å²) in [5, 5.41) is 0.292. The van der Waals surface area contributed by atoms with Gasteiger partial charge in [0.15, 0.2) is 5.16 Å². The predicted octanol–water partition coefficient (Wildman–Crippen LogP) is 4.55. The molecule has 0 aliphatic rings. The summed E-state index contributed by atoms with van der Waals surface area (Å²) >= 11 is 1.21. The van der Waals surface area contributed by atoms with Crippen molar-refractivity contribution in [1.29, 1.82) is 0 Å². The molecule has 0 atom stereocenters. The lowest BCUT2D eigenvalue weighted by Crippen LogP contribution is -2.19. The second kappa shape index (κ2) is 8.94. The molecule has 0 N–H and O–H groups in total. The average Bonchev–Trinajstić information content (AvgIpc) is 2.93. The van der Waals surface area contributed by atoms with E-state index in [2.05, 4.69) is 4.98 Å². The molecule has 0 amide bonds. The minimum atomic E-state index is -4.34. The van der Waals surface area contributed by atoms with E-state index in [4.69, 9.17) is 4.74 Å². The molecule has 4 nitrogen and oxygen atoms in total. The van der Waals surface area contributed by atoms with Crippen molar-refractivity contribution in [1.82, 2.24) is 9.55 Å². The molecule has 0 spiro atoms. The minimum absolute atomic E-state index is 0.242. The monoisotopic (exact) mass is 372 g/mol. The van der Waals surface area contributed by atoms with Crippen LogP contribution in [-0.2, 0) is 16.1 Å². The second-order valence-corrected chi connectivity index (χ2v) is 6.31. The number of benzene rings is 1. The highest BCUT2D eigenvalue weighted by molar-refractivity contribution is 7.99. The molecule has 136 valence electrons. The van der Waals surface area contributed by atoms with Crippen LogP contribution in [-0.4, -0.2) is 34.1 Å². The Bertz CT molecular complexity index is 687. The second-order valence-electron chi connectivity index (χ2n) is 5.25. The Morgan fingerprint density at radius 2 is 2.00 bits per heavy atom. The van der Waals surface area contributed by atoms with Crippen molar-refractivity contribution >= 4 is 17.7 Å². The van der Waals surface area contributed by atoms with Gasteiger partial charge in [0.25, 0.3) is 0 Å². The molecule has 0 fully saturated rings. The third-order valence-corrected chi connectivity index (χ3v) is 4.36. The zero-order valence-corrected chi connectivity index (χ0v) is 14.6. The molecule has 0 unspecified atom stereocenters. The van der Waals surface area contributed by atoms with E-state index in [1.54, 1.807) is 37.3 Å². The third-order valence-electron chi connectivity index (χ3n) is 3.29. The first-order chi connectivity index (χ1) is 11.9. The maximum absolute atomic E-state index is 13.0. The molecule has 8 heteroatoms. The van der Waals surface area contributed by atoms with Crippen molar-refractivity contribution in [2.24, 2.45) is 0 Å². The summed E-state index contributed by atoms with van der Waals surface area (Å²) in [6, 6.07) is 8.84. The summed E-state index contributed by atoms with van der Waals surface area (Å²) in [5.74, 6) is 0.189. The normalized spacial score (nSPS) is 11.5. The number of nitrogens with zero attached hydrogens (tertiary/aromatic N) is 2. The largest absolute Gasteiger partial charge is 0.466 e. The maximum atomic E-state index is 13.0. The lowest BCUT2D eigenvalue weighted by atomic mass is 10.2. The summed E-state index contributed by atoms with van der Waals surface area (Å²) in [5.41, 5.74) is 1.10. The van der Waals surface area contributed by atoms with E-state index in [0.29, 0.717) is 35.2 Å². The van der Waals surface area contributed by atoms with Gasteiger partial charge in [-0.1, -0.05) is 42.1 Å². The standard InChI is InChI=1S/C17H19F3N2O2S/c1-2-24-15(23)9-6-10-25-16-21-11-14(13-7-4-3-5-8-13)22(16)12-17(18,19)20/h3-5,7-8,11H,2,6,9-10,12H2,1H3. The van der Waals surface area contributed by atoms with Gasteiger partial charge in [-0.05, 0) is 18.9 Å². The van der Waals surface area contributed by atoms with Crippen molar-refractivity contribution in [3.05, 3.63) is 36.5 Å². The van der Waals surface area contributed by atoms with Crippen molar-refractivity contribution in [2.45, 2.75) is 37.6 Å². The number of aromatic nitrogens is 2. The van der Waals surface area contributed by atoms with Gasteiger partial charge >= 0.3 is 12.1 Å². The summed E-state index contributed by atoms with van der Waals surface area (Å²) in [6.45, 7) is 0.950. The molecular weight excluding hydrogens is 353 g/mol. The molecule has 1 aromatic carbocycles. The highest BCUT2D eigenvalue weighted by Gasteiger charge is 2.30. The number of esters is 1. The molecule has 0 bridgehead atoms. The molecule has 0 radical (unpaired) electrons. The average molecular weight is 372 g/mol. The number of carbonyl (C=O) groups excluding carboxylic acids is 1. The number of halogens is 3. The van der Waals surface area contributed by atoms with E-state index in [1.807, 2.05) is 0 Å². The molecule has 1 aromatic heterocycles. The van der Waals surface area contributed by atoms with E-state index in [0.717, 1.165) is 0 Å². The Hall–Kier alpha value is -1.96. The zero-order valence-electron chi connectivity index (χ0n) is 13.8. The van der Waals surface area contributed by atoms with Gasteiger partial charge in [0.1, 0.15) is 6.54 Å². The number of rotatable bonds is 8. The highest BCUT2D eigenvalue weighted by atomic mass is 32.2. The van der Waals surface area contributed by atoms with Gasteiger partial charge in [-0.15, -0.1) is 0 Å². The van der Waals surface area contributed by atoms with Crippen LogP contribution in [0.5, 0.6) is 0 Å². The quantitative estimate of drug-likeness (QED) is 0.387. The topological polar surface area (TPSA) is 44.1 Å². The molecule has 0 aliphatic carbocycles. The Morgan fingerprint density at radius 1 is 1.28 bits per heavy atom. The fourth-order valence-corrected chi connectivity index (χ4v) is 3.18. The molecule has 0 aliphatic heterocycles. The van der Waals surface area contributed by atoms with Crippen LogP contribution >= 0.6 is 11.8 Å². The fourth-order valence-electron chi connectivity index (χ4n) is 2.26. The SMILES string of the molecule is CCOC(=O)CCCSc1ncc(-c2ccccc2)n1CC(F)(F)F. The summed E-state index contributed by atoms with van der Waals surface area (Å²) in [4.78, 5) is 15.4. The number of thioether (sulfide) groups is 1. The number of carbonyl (C=O) groups is 1. The van der Waals surface area contributed by atoms with E-state index in [9.17, 15) is 18.0 Å². The van der Waals surface area contributed by atoms with Crippen LogP contribution in [0.3, 0.4) is 0 Å². The number of hydrogen-bond donors (Lipinski definition) is 0. The first kappa shape index (κ1) is 19.4. The van der Waals surface area contributed by atoms with Crippen LogP contribution in [0.15, 0.2) is 41.7 Å². The Balaban J connectivity index is 2.09. The van der Waals surface area contributed by atoms with Crippen molar-refractivity contribution < 1.29 is 22.7 Å². The van der Waals surface area contributed by atoms with Crippen molar-refractivity contribution in [3.63, 3.8) is 0 Å². The van der Waals surface area contributed by atoms with Crippen LogP contribution in [0.2, 0.25) is 0 Å². The van der Waals surface area contributed by atoms with Crippen LogP contribution in [0.4, 0.5) is 13.2 Å². The third kappa shape index (κ3) is 6.12. The molecule has 25 heavy (non-hydrogen) atoms. The smallest absolute Gasteiger partial charge is 0.406 e. The summed E-state index contributed by atoms with van der Waals surface area (Å²) in [7, 11) is 0. The Kier molecular flexibility index (Phi) is 6.92. The van der Waals surface area contributed by atoms with Crippen LogP contribution in [0.25, 0.3) is 11.3 Å². The minimum Gasteiger partial charge on any atom is -0.466 e. The number of ether oxygens (including phenoxy) is 1. The van der Waals surface area contributed by atoms with Crippen LogP contribution in [0, 0.1) is 0 Å². The lowest BCUT2D eigenvalue weighted by Gasteiger charge is -2.14. The molecule has 2 rings (SSSR count). The molecular formula is C17H19F3N2O2S. The van der Waals surface area contributed by atoms with Gasteiger partial charge < -0.3 is 9.30 Å². The number of hydrogen-bond acceptors (Lipinski definition) is 4. The first-order valence-corrected chi connectivity index (χ1v) is 8.85. The van der Waals surface area contributed by atoms with E-state index < -0.39 is 12.7 Å². The summed E-state index contributed by atoms with van der Waals surface area (Å²) in [6.07, 6.45) is -2.13. The molecule has 0 saturated heterocycles. The molecule has 2 aromatic rings. The van der Waals surface area contributed by atoms with Crippen LogP contribution < -0.4 is 0 Å². The van der Waals surface area contributed by atoms with Gasteiger partial charge in [0, 0.05) is 12.2 Å². The number of imidazole rings is 1. The van der Waals surface area contributed by atoms with Gasteiger partial charge in [-0.3, -0.25) is 4.79 Å². The van der Waals surface area contributed by atoms with E-state index in [1.165, 1.54) is 22.5 Å². The number of alkyl halides is 3. The maximum Gasteiger partial charge on any atom is 0.406 e. The fraction of sp³-hybridized carbons (Fsp3) is 0.412. The van der Waals surface area contributed by atoms with Gasteiger partial charge in [-0.25, -0.2) is 4.98 Å². The van der Waals surface area contributed by atoms with Crippen molar-refractivity contribution in [2.75, 3.05) is 12.4 Å². The lowest BCUT2D eigenvalue weighted by molar-refractivity contribution is -0.143. The van der Waals surface area contributed by atoms with E-state index >= 15 is 0 Å². The first-order valence-electron chi connectivity index (χ1n) is 7.87. The summed E-state index contributed by atoms with van der Waals surface area (Å²) < 4.78 is 44.9. The zero-order chi connectivity index (χ0) is 18.3.